The molecule has 1 aliphatic heterocycles. The monoisotopic (exact) mass is 269 g/mol. The summed E-state index contributed by atoms with van der Waals surface area (Å²) in [5.41, 5.74) is -1.46. The van der Waals surface area contributed by atoms with Gasteiger partial charge in [-0.25, -0.2) is 13.6 Å². The highest BCUT2D eigenvalue weighted by molar-refractivity contribution is 6.26. The number of hydrogen-bond donors (Lipinski definition) is 1. The van der Waals surface area contributed by atoms with Gasteiger partial charge in [0.05, 0.1) is 12.1 Å². The molecule has 1 heterocycles. The number of ketones is 1. The summed E-state index contributed by atoms with van der Waals surface area (Å²) in [6.07, 6.45) is 0.699. The fourth-order valence-corrected chi connectivity index (χ4v) is 1.93. The first-order valence-corrected chi connectivity index (χ1v) is 5.39. The van der Waals surface area contributed by atoms with Crippen LogP contribution in [0.25, 0.3) is 0 Å². The molecule has 1 unspecified atom stereocenters. The van der Waals surface area contributed by atoms with E-state index in [4.69, 9.17) is 5.11 Å². The molecule has 0 aliphatic carbocycles. The first kappa shape index (κ1) is 13.3. The number of benzene rings is 1. The van der Waals surface area contributed by atoms with Gasteiger partial charge in [-0.05, 0) is 13.0 Å². The average Bonchev–Trinajstić information content (AvgIpc) is 2.36. The lowest BCUT2D eigenvalue weighted by molar-refractivity contribution is -0.132. The molecule has 19 heavy (non-hydrogen) atoms. The van der Waals surface area contributed by atoms with Crippen LogP contribution in [-0.4, -0.2) is 23.4 Å². The second-order valence-corrected chi connectivity index (χ2v) is 4.07. The van der Waals surface area contributed by atoms with Crippen molar-refractivity contribution in [2.45, 2.75) is 6.92 Å². The Morgan fingerprint density at radius 3 is 2.47 bits per heavy atom. The van der Waals surface area contributed by atoms with E-state index < -0.39 is 39.2 Å². The number of hydroxylamine groups is 2. The van der Waals surface area contributed by atoms with Crippen molar-refractivity contribution in [2.24, 2.45) is 0 Å². The molecule has 1 aliphatic rings. The van der Waals surface area contributed by atoms with Crippen LogP contribution in [0, 0.1) is 16.8 Å². The summed E-state index contributed by atoms with van der Waals surface area (Å²) >= 11 is 0. The third kappa shape index (κ3) is 1.92. The Bertz CT molecular complexity index is 626. The first-order chi connectivity index (χ1) is 8.80. The molecule has 0 saturated carbocycles. The molecule has 0 spiro atoms. The second kappa shape index (κ2) is 4.22. The first-order valence-electron chi connectivity index (χ1n) is 5.39. The van der Waals surface area contributed by atoms with Crippen LogP contribution in [0.2, 0.25) is 0 Å². The highest BCUT2D eigenvalue weighted by Gasteiger charge is 2.37. The summed E-state index contributed by atoms with van der Waals surface area (Å²) in [6.45, 7) is 1.30. The van der Waals surface area contributed by atoms with E-state index in [-0.39, 0.29) is 12.2 Å². The minimum Gasteiger partial charge on any atom is -0.622 e. The number of halogens is 2. The fourth-order valence-electron chi connectivity index (χ4n) is 1.93. The van der Waals surface area contributed by atoms with E-state index in [0.717, 1.165) is 0 Å². The van der Waals surface area contributed by atoms with Gasteiger partial charge in [-0.15, -0.1) is 0 Å². The molecule has 1 aromatic rings. The van der Waals surface area contributed by atoms with E-state index in [9.17, 15) is 23.6 Å². The van der Waals surface area contributed by atoms with Crippen LogP contribution in [0.5, 0.6) is 0 Å². The Hall–Kier alpha value is -2.12. The largest absolute Gasteiger partial charge is 0.622 e. The molecule has 100 valence electrons. The molecule has 5 nitrogen and oxygen atoms in total. The molecule has 1 N–H and O–H groups in total. The Balaban J connectivity index is 2.76. The van der Waals surface area contributed by atoms with Crippen LogP contribution in [-0.2, 0) is 4.79 Å². The van der Waals surface area contributed by atoms with E-state index in [0.29, 0.717) is 18.3 Å². The van der Waals surface area contributed by atoms with Gasteiger partial charge in [0, 0.05) is 6.07 Å². The molecule has 0 amide bonds. The Labute approximate surface area is 106 Å². The van der Waals surface area contributed by atoms with E-state index in [1.807, 2.05) is 0 Å². The van der Waals surface area contributed by atoms with Gasteiger partial charge in [0.1, 0.15) is 6.20 Å². The smallest absolute Gasteiger partial charge is 0.345 e. The number of hydrogen-bond acceptors (Lipinski definition) is 3. The number of aliphatic carboxylic acids is 1. The van der Waals surface area contributed by atoms with Gasteiger partial charge < -0.3 is 15.0 Å². The number of carboxylic acids is 1. The van der Waals surface area contributed by atoms with Crippen molar-refractivity contribution in [1.29, 1.82) is 0 Å². The average molecular weight is 269 g/mol. The maximum Gasteiger partial charge on any atom is 0.345 e. The highest BCUT2D eigenvalue weighted by atomic mass is 19.2. The topological polar surface area (TPSA) is 77.4 Å². The summed E-state index contributed by atoms with van der Waals surface area (Å²) in [6, 6.07) is 1.19. The van der Waals surface area contributed by atoms with Gasteiger partial charge in [0.15, 0.2) is 22.9 Å². The van der Waals surface area contributed by atoms with Crippen molar-refractivity contribution < 1.29 is 23.5 Å². The zero-order valence-corrected chi connectivity index (χ0v) is 9.81. The van der Waals surface area contributed by atoms with Gasteiger partial charge >= 0.3 is 5.97 Å². The summed E-state index contributed by atoms with van der Waals surface area (Å²) < 4.78 is 25.0. The van der Waals surface area contributed by atoms with E-state index in [1.165, 1.54) is 6.92 Å². The number of fused-ring (bicyclic) bond motifs is 1. The van der Waals surface area contributed by atoms with Crippen LogP contribution in [0.4, 0.5) is 14.5 Å². The molecule has 0 radical (unpaired) electrons. The molecule has 1 aromatic carbocycles. The summed E-state index contributed by atoms with van der Waals surface area (Å²) in [5, 5.41) is 21.3. The van der Waals surface area contributed by atoms with Crippen molar-refractivity contribution in [3.8, 4) is 0 Å². The number of quaternary nitrogens is 1. The van der Waals surface area contributed by atoms with Crippen molar-refractivity contribution >= 4 is 17.4 Å². The number of rotatable bonds is 2. The summed E-state index contributed by atoms with van der Waals surface area (Å²) in [7, 11) is 0. The molecule has 0 fully saturated rings. The molecule has 7 heteroatoms. The maximum absolute atomic E-state index is 13.2. The second-order valence-electron chi connectivity index (χ2n) is 4.07. The van der Waals surface area contributed by atoms with Crippen LogP contribution < -0.4 is 4.65 Å². The highest BCUT2D eigenvalue weighted by Crippen LogP contribution is 2.35. The molecule has 0 bridgehead atoms. The lowest BCUT2D eigenvalue weighted by Crippen LogP contribution is -2.42. The van der Waals surface area contributed by atoms with Crippen molar-refractivity contribution in [3.63, 3.8) is 0 Å². The van der Waals surface area contributed by atoms with Gasteiger partial charge in [0.25, 0.3) is 0 Å². The number of carbonyl (C=O) groups excluding carboxylic acids is 1. The Morgan fingerprint density at radius 2 is 1.95 bits per heavy atom. The summed E-state index contributed by atoms with van der Waals surface area (Å²) in [4.78, 5) is 22.8. The molecular formula is C12H9F2NO4. The minimum atomic E-state index is -1.58. The molecular weight excluding hydrogens is 260 g/mol. The number of carbonyl (C=O) groups is 2. The SMILES string of the molecule is CC[N+]1([O-])C=C(C(=O)O)C(=O)c2cc(F)c(F)cc21. The van der Waals surface area contributed by atoms with Gasteiger partial charge in [0.2, 0.25) is 5.78 Å². The van der Waals surface area contributed by atoms with Crippen LogP contribution in [0.1, 0.15) is 17.3 Å². The zero-order valence-electron chi connectivity index (χ0n) is 9.81. The van der Waals surface area contributed by atoms with E-state index in [2.05, 4.69) is 0 Å². The fraction of sp³-hybridized carbons (Fsp3) is 0.167. The summed E-state index contributed by atoms with van der Waals surface area (Å²) in [5.74, 6) is -5.14. The minimum absolute atomic E-state index is 0.151. The zero-order chi connectivity index (χ0) is 14.4. The molecule has 0 aromatic heterocycles. The predicted molar refractivity (Wildman–Crippen MR) is 62.1 cm³/mol. The lowest BCUT2D eigenvalue weighted by Gasteiger charge is -2.40. The van der Waals surface area contributed by atoms with Gasteiger partial charge in [-0.1, -0.05) is 0 Å². The van der Waals surface area contributed by atoms with Gasteiger partial charge in [-0.2, -0.15) is 0 Å². The van der Waals surface area contributed by atoms with E-state index >= 15 is 0 Å². The normalized spacial score (nSPS) is 21.9. The number of Topliss-reactive ketones (excluding diaryl/α,β-unsaturated/α-hetero) is 1. The van der Waals surface area contributed by atoms with Crippen LogP contribution in [0.15, 0.2) is 23.9 Å². The van der Waals surface area contributed by atoms with Crippen molar-refractivity contribution in [1.82, 2.24) is 4.65 Å². The van der Waals surface area contributed by atoms with Crippen molar-refractivity contribution in [2.75, 3.05) is 6.54 Å². The Kier molecular flexibility index (Phi) is 2.95. The van der Waals surface area contributed by atoms with Gasteiger partial charge in [-0.3, -0.25) is 4.79 Å². The standard InChI is InChI=1S/C12H9F2NO4/c1-2-15(19)5-7(12(17)18)11(16)6-3-8(13)9(14)4-10(6)15/h3-5H,2H2,1H3,(H,17,18). The predicted octanol–water partition coefficient (Wildman–Crippen LogP) is 1.95. The number of carboxylic acid groups (broad SMARTS) is 1. The van der Waals surface area contributed by atoms with Crippen LogP contribution >= 0.6 is 0 Å². The molecule has 1 atom stereocenters. The molecule has 2 rings (SSSR count). The number of nitrogens with zero attached hydrogens (tertiary/aromatic N) is 1. The quantitative estimate of drug-likeness (QED) is 0.505. The molecule has 0 saturated heterocycles. The lowest BCUT2D eigenvalue weighted by atomic mass is 9.97. The van der Waals surface area contributed by atoms with Crippen molar-refractivity contribution in [3.05, 3.63) is 46.3 Å². The Morgan fingerprint density at radius 1 is 1.37 bits per heavy atom. The third-order valence-corrected chi connectivity index (χ3v) is 2.97. The third-order valence-electron chi connectivity index (χ3n) is 2.97. The maximum atomic E-state index is 13.2. The van der Waals surface area contributed by atoms with Crippen LogP contribution in [0.3, 0.4) is 0 Å². The van der Waals surface area contributed by atoms with E-state index in [1.54, 1.807) is 0 Å².